The number of nitrogens with one attached hydrogen (secondary N) is 1. The molecule has 1 aromatic rings. The number of hydrogen-bond donors (Lipinski definition) is 2. The molecule has 0 radical (unpaired) electrons. The first-order valence-corrected chi connectivity index (χ1v) is 5.72. The van der Waals surface area contributed by atoms with E-state index in [9.17, 15) is 15.2 Å². The first kappa shape index (κ1) is 13.7. The van der Waals surface area contributed by atoms with Crippen LogP contribution < -0.4 is 5.32 Å². The fraction of sp³-hybridized carbons (Fsp3) is 0.455. The lowest BCUT2D eigenvalue weighted by molar-refractivity contribution is -0.384. The molecule has 0 aliphatic heterocycles. The Morgan fingerprint density at radius 3 is 2.59 bits per heavy atom. The molecule has 0 fully saturated rings. The van der Waals surface area contributed by atoms with Crippen LogP contribution in [0.15, 0.2) is 12.1 Å². The van der Waals surface area contributed by atoms with E-state index in [2.05, 4.69) is 5.32 Å². The molecule has 1 atom stereocenters. The molecule has 5 nitrogen and oxygen atoms in total. The van der Waals surface area contributed by atoms with Crippen LogP contribution in [0, 0.1) is 24.0 Å². The number of rotatable bonds is 5. The Labute approximate surface area is 105 Å². The number of nitro benzene ring substituents is 1. The van der Waals surface area contributed by atoms with Gasteiger partial charge in [0.1, 0.15) is 5.69 Å². The van der Waals surface area contributed by atoms with Crippen molar-refractivity contribution in [3.05, 3.63) is 33.4 Å². The quantitative estimate of drug-likeness (QED) is 0.482. The number of hydrogen-bond acceptors (Lipinski definition) is 4. The fourth-order valence-corrected chi connectivity index (χ4v) is 1.49. The second kappa shape index (κ2) is 5.84. The van der Waals surface area contributed by atoms with Crippen molar-refractivity contribution in [2.45, 2.75) is 20.0 Å². The zero-order valence-corrected chi connectivity index (χ0v) is 10.5. The van der Waals surface area contributed by atoms with Crippen molar-refractivity contribution in [2.75, 3.05) is 17.7 Å². The number of nitro groups is 1. The van der Waals surface area contributed by atoms with Gasteiger partial charge >= 0.3 is 0 Å². The van der Waals surface area contributed by atoms with E-state index < -0.39 is 11.0 Å². The Bertz CT molecular complexity index is 423. The first-order chi connectivity index (χ1) is 7.95. The number of aryl methyl sites for hydroxylation is 2. The third-order valence-electron chi connectivity index (χ3n) is 2.51. The van der Waals surface area contributed by atoms with Crippen LogP contribution in [0.2, 0.25) is 0 Å². The Morgan fingerprint density at radius 2 is 2.06 bits per heavy atom. The molecular formula is C11H15ClN2O3. The van der Waals surface area contributed by atoms with Gasteiger partial charge in [0.15, 0.2) is 0 Å². The zero-order valence-electron chi connectivity index (χ0n) is 9.74. The molecule has 0 saturated heterocycles. The number of halogens is 1. The molecule has 0 aliphatic rings. The van der Waals surface area contributed by atoms with Crippen LogP contribution in [0.5, 0.6) is 0 Å². The second-order valence-electron chi connectivity index (χ2n) is 3.90. The normalized spacial score (nSPS) is 12.2. The number of nitrogens with zero attached hydrogens (tertiary/aromatic N) is 1. The predicted octanol–water partition coefficient (Wildman–Crippen LogP) is 2.22. The second-order valence-corrected chi connectivity index (χ2v) is 4.21. The Balaban J connectivity index is 2.96. The van der Waals surface area contributed by atoms with Gasteiger partial charge in [-0.15, -0.1) is 11.6 Å². The molecule has 0 amide bonds. The van der Waals surface area contributed by atoms with Crippen molar-refractivity contribution in [1.82, 2.24) is 0 Å². The van der Waals surface area contributed by atoms with Crippen LogP contribution in [-0.2, 0) is 0 Å². The van der Waals surface area contributed by atoms with E-state index in [0.29, 0.717) is 5.69 Å². The van der Waals surface area contributed by atoms with E-state index in [-0.39, 0.29) is 18.1 Å². The average Bonchev–Trinajstić information content (AvgIpc) is 2.29. The first-order valence-electron chi connectivity index (χ1n) is 5.19. The number of anilines is 1. The Hall–Kier alpha value is -1.33. The minimum atomic E-state index is -0.724. The van der Waals surface area contributed by atoms with Crippen LogP contribution in [0.3, 0.4) is 0 Å². The standard InChI is InChI=1S/C11H15ClN2O3/c1-7-3-10(13-6-9(15)5-12)11(14(16)17)4-8(7)2/h3-4,9,13,15H,5-6H2,1-2H3. The van der Waals surface area contributed by atoms with E-state index in [1.54, 1.807) is 6.07 Å². The lowest BCUT2D eigenvalue weighted by Gasteiger charge is -2.12. The molecule has 94 valence electrons. The van der Waals surface area contributed by atoms with E-state index in [1.807, 2.05) is 13.8 Å². The summed E-state index contributed by atoms with van der Waals surface area (Å²) in [5.41, 5.74) is 2.23. The van der Waals surface area contributed by atoms with E-state index in [4.69, 9.17) is 11.6 Å². The monoisotopic (exact) mass is 258 g/mol. The maximum absolute atomic E-state index is 10.9. The molecule has 0 heterocycles. The van der Waals surface area contributed by atoms with Crippen molar-refractivity contribution in [3.63, 3.8) is 0 Å². The summed E-state index contributed by atoms with van der Waals surface area (Å²) in [7, 11) is 0. The Kier molecular flexibility index (Phi) is 4.72. The zero-order chi connectivity index (χ0) is 13.0. The molecular weight excluding hydrogens is 244 g/mol. The molecule has 0 bridgehead atoms. The van der Waals surface area contributed by atoms with Crippen LogP contribution >= 0.6 is 11.6 Å². The SMILES string of the molecule is Cc1cc(NCC(O)CCl)c([N+](=O)[O-])cc1C. The topological polar surface area (TPSA) is 75.4 Å². The summed E-state index contributed by atoms with van der Waals surface area (Å²) in [6, 6.07) is 3.22. The number of aliphatic hydroxyl groups is 1. The summed E-state index contributed by atoms with van der Waals surface area (Å²) in [6.07, 6.45) is -0.724. The highest BCUT2D eigenvalue weighted by atomic mass is 35.5. The summed E-state index contributed by atoms with van der Waals surface area (Å²) in [6.45, 7) is 3.88. The van der Waals surface area contributed by atoms with E-state index in [1.165, 1.54) is 6.07 Å². The molecule has 1 aromatic carbocycles. The predicted molar refractivity (Wildman–Crippen MR) is 67.8 cm³/mol. The van der Waals surface area contributed by atoms with Gasteiger partial charge in [0.25, 0.3) is 5.69 Å². The molecule has 6 heteroatoms. The maximum atomic E-state index is 10.9. The molecule has 0 aliphatic carbocycles. The Morgan fingerprint density at radius 1 is 1.47 bits per heavy atom. The average molecular weight is 259 g/mol. The highest BCUT2D eigenvalue weighted by Crippen LogP contribution is 2.27. The van der Waals surface area contributed by atoms with Gasteiger partial charge in [-0.1, -0.05) is 0 Å². The highest BCUT2D eigenvalue weighted by molar-refractivity contribution is 6.18. The maximum Gasteiger partial charge on any atom is 0.292 e. The van der Waals surface area contributed by atoms with Gasteiger partial charge in [0, 0.05) is 12.6 Å². The molecule has 1 rings (SSSR count). The van der Waals surface area contributed by atoms with Crippen molar-refractivity contribution in [3.8, 4) is 0 Å². The number of benzene rings is 1. The van der Waals surface area contributed by atoms with Crippen molar-refractivity contribution in [2.24, 2.45) is 0 Å². The molecule has 1 unspecified atom stereocenters. The molecule has 0 aromatic heterocycles. The van der Waals surface area contributed by atoms with Crippen LogP contribution in [0.25, 0.3) is 0 Å². The minimum absolute atomic E-state index is 0.00914. The third-order valence-corrected chi connectivity index (χ3v) is 2.87. The number of aliphatic hydroxyl groups excluding tert-OH is 1. The summed E-state index contributed by atoms with van der Waals surface area (Å²) in [5.74, 6) is 0.0889. The van der Waals surface area contributed by atoms with Gasteiger partial charge in [0.05, 0.1) is 16.9 Å². The fourth-order valence-electron chi connectivity index (χ4n) is 1.38. The van der Waals surface area contributed by atoms with Crippen LogP contribution in [0.1, 0.15) is 11.1 Å². The van der Waals surface area contributed by atoms with Crippen LogP contribution in [-0.4, -0.2) is 28.6 Å². The number of alkyl halides is 1. The summed E-state index contributed by atoms with van der Waals surface area (Å²) < 4.78 is 0. The van der Waals surface area contributed by atoms with Gasteiger partial charge < -0.3 is 10.4 Å². The van der Waals surface area contributed by atoms with Crippen molar-refractivity contribution in [1.29, 1.82) is 0 Å². The molecule has 0 saturated carbocycles. The molecule has 17 heavy (non-hydrogen) atoms. The van der Waals surface area contributed by atoms with Gasteiger partial charge in [0.2, 0.25) is 0 Å². The van der Waals surface area contributed by atoms with Crippen molar-refractivity contribution >= 4 is 23.0 Å². The van der Waals surface area contributed by atoms with Gasteiger partial charge in [-0.25, -0.2) is 0 Å². The summed E-state index contributed by atoms with van der Waals surface area (Å²) >= 11 is 5.45. The van der Waals surface area contributed by atoms with E-state index >= 15 is 0 Å². The third kappa shape index (κ3) is 3.57. The highest BCUT2D eigenvalue weighted by Gasteiger charge is 2.15. The van der Waals surface area contributed by atoms with Gasteiger partial charge in [-0.05, 0) is 31.0 Å². The summed E-state index contributed by atoms with van der Waals surface area (Å²) in [4.78, 5) is 10.4. The van der Waals surface area contributed by atoms with Crippen LogP contribution in [0.4, 0.5) is 11.4 Å². The smallest absolute Gasteiger partial charge is 0.292 e. The minimum Gasteiger partial charge on any atom is -0.390 e. The lowest BCUT2D eigenvalue weighted by Crippen LogP contribution is -2.21. The van der Waals surface area contributed by atoms with Crippen molar-refractivity contribution < 1.29 is 10.0 Å². The molecule has 0 spiro atoms. The van der Waals surface area contributed by atoms with Gasteiger partial charge in [-0.2, -0.15) is 0 Å². The largest absolute Gasteiger partial charge is 0.390 e. The van der Waals surface area contributed by atoms with Gasteiger partial charge in [-0.3, -0.25) is 10.1 Å². The lowest BCUT2D eigenvalue weighted by atomic mass is 10.1. The van der Waals surface area contributed by atoms with E-state index in [0.717, 1.165) is 11.1 Å². The molecule has 2 N–H and O–H groups in total. The summed E-state index contributed by atoms with van der Waals surface area (Å²) in [5, 5.41) is 23.0.